The first kappa shape index (κ1) is 9.96. The molecule has 0 unspecified atom stereocenters. The summed E-state index contributed by atoms with van der Waals surface area (Å²) in [7, 11) is 0. The van der Waals surface area contributed by atoms with Crippen LogP contribution in [-0.4, -0.2) is 16.5 Å². The normalized spacial score (nSPS) is 10.5. The zero-order chi connectivity index (χ0) is 9.68. The lowest BCUT2D eigenvalue weighted by Gasteiger charge is -2.05. The fourth-order valence-electron chi connectivity index (χ4n) is 1.14. The van der Waals surface area contributed by atoms with Gasteiger partial charge in [-0.05, 0) is 18.9 Å². The lowest BCUT2D eigenvalue weighted by atomic mass is 10.1. The van der Waals surface area contributed by atoms with Gasteiger partial charge in [0.05, 0.1) is 0 Å². The first-order valence-electron chi connectivity index (χ1n) is 4.78. The highest BCUT2D eigenvalue weighted by Crippen LogP contribution is 2.06. The maximum atomic E-state index is 4.38. The molecule has 1 aromatic rings. The topological polar surface area (TPSA) is 37.8 Å². The highest BCUT2D eigenvalue weighted by Gasteiger charge is 2.01. The SMILES string of the molecule is CCNc1ccnc(CC(C)C)n1. The lowest BCUT2D eigenvalue weighted by Crippen LogP contribution is -2.05. The van der Waals surface area contributed by atoms with E-state index in [1.165, 1.54) is 0 Å². The van der Waals surface area contributed by atoms with Crippen LogP contribution in [0.2, 0.25) is 0 Å². The molecule has 3 nitrogen and oxygen atoms in total. The van der Waals surface area contributed by atoms with E-state index >= 15 is 0 Å². The summed E-state index contributed by atoms with van der Waals surface area (Å²) in [5.74, 6) is 2.46. The molecule has 13 heavy (non-hydrogen) atoms. The summed E-state index contributed by atoms with van der Waals surface area (Å²) in [6.45, 7) is 7.30. The lowest BCUT2D eigenvalue weighted by molar-refractivity contribution is 0.621. The van der Waals surface area contributed by atoms with E-state index in [9.17, 15) is 0 Å². The van der Waals surface area contributed by atoms with Gasteiger partial charge in [-0.1, -0.05) is 13.8 Å². The quantitative estimate of drug-likeness (QED) is 0.769. The van der Waals surface area contributed by atoms with Crippen molar-refractivity contribution in [2.45, 2.75) is 27.2 Å². The molecule has 72 valence electrons. The number of aromatic nitrogens is 2. The fraction of sp³-hybridized carbons (Fsp3) is 0.600. The van der Waals surface area contributed by atoms with E-state index < -0.39 is 0 Å². The molecule has 0 saturated heterocycles. The third-order valence-corrected chi connectivity index (χ3v) is 1.65. The number of hydrogen-bond acceptors (Lipinski definition) is 3. The smallest absolute Gasteiger partial charge is 0.130 e. The van der Waals surface area contributed by atoms with Crippen molar-refractivity contribution in [3.63, 3.8) is 0 Å². The number of hydrogen-bond donors (Lipinski definition) is 1. The van der Waals surface area contributed by atoms with Gasteiger partial charge >= 0.3 is 0 Å². The van der Waals surface area contributed by atoms with Gasteiger partial charge in [-0.15, -0.1) is 0 Å². The Hall–Kier alpha value is -1.12. The van der Waals surface area contributed by atoms with Crippen LogP contribution in [0.4, 0.5) is 5.82 Å². The highest BCUT2D eigenvalue weighted by molar-refractivity contribution is 5.32. The molecule has 0 aliphatic rings. The number of nitrogens with one attached hydrogen (secondary N) is 1. The minimum absolute atomic E-state index is 0.608. The fourth-order valence-corrected chi connectivity index (χ4v) is 1.14. The van der Waals surface area contributed by atoms with Gasteiger partial charge in [0.1, 0.15) is 11.6 Å². The van der Waals surface area contributed by atoms with Crippen molar-refractivity contribution in [2.24, 2.45) is 5.92 Å². The third kappa shape index (κ3) is 3.40. The van der Waals surface area contributed by atoms with E-state index in [0.717, 1.165) is 24.6 Å². The van der Waals surface area contributed by atoms with Crippen molar-refractivity contribution in [1.29, 1.82) is 0 Å². The molecule has 1 aromatic heterocycles. The molecule has 0 saturated carbocycles. The van der Waals surface area contributed by atoms with Crippen LogP contribution in [0.5, 0.6) is 0 Å². The molecule has 1 heterocycles. The molecular formula is C10H17N3. The van der Waals surface area contributed by atoms with E-state index in [2.05, 4.69) is 36.1 Å². The molecule has 0 fully saturated rings. The minimum atomic E-state index is 0.608. The molecule has 0 radical (unpaired) electrons. The van der Waals surface area contributed by atoms with Gasteiger partial charge < -0.3 is 5.32 Å². The Kier molecular flexibility index (Phi) is 3.68. The van der Waals surface area contributed by atoms with Crippen LogP contribution in [0.15, 0.2) is 12.3 Å². The third-order valence-electron chi connectivity index (χ3n) is 1.65. The van der Waals surface area contributed by atoms with Crippen molar-refractivity contribution in [3.05, 3.63) is 18.1 Å². The van der Waals surface area contributed by atoms with Gasteiger partial charge in [0, 0.05) is 19.2 Å². The molecule has 1 rings (SSSR count). The maximum Gasteiger partial charge on any atom is 0.130 e. The molecule has 0 aromatic carbocycles. The van der Waals surface area contributed by atoms with E-state index in [-0.39, 0.29) is 0 Å². The summed E-state index contributed by atoms with van der Waals surface area (Å²) < 4.78 is 0. The van der Waals surface area contributed by atoms with Gasteiger partial charge in [0.2, 0.25) is 0 Å². The van der Waals surface area contributed by atoms with Crippen molar-refractivity contribution in [3.8, 4) is 0 Å². The second-order valence-electron chi connectivity index (χ2n) is 3.49. The number of rotatable bonds is 4. The summed E-state index contributed by atoms with van der Waals surface area (Å²) in [6, 6.07) is 1.90. The Morgan fingerprint density at radius 3 is 2.85 bits per heavy atom. The van der Waals surface area contributed by atoms with Gasteiger partial charge in [-0.25, -0.2) is 9.97 Å². The Morgan fingerprint density at radius 1 is 1.46 bits per heavy atom. The molecule has 1 N–H and O–H groups in total. The number of nitrogens with zero attached hydrogens (tertiary/aromatic N) is 2. The predicted octanol–water partition coefficient (Wildman–Crippen LogP) is 2.11. The maximum absolute atomic E-state index is 4.38. The number of anilines is 1. The Labute approximate surface area is 79.6 Å². The molecule has 3 heteroatoms. The van der Waals surface area contributed by atoms with Gasteiger partial charge in [0.25, 0.3) is 0 Å². The first-order chi connectivity index (χ1) is 6.22. The Balaban J connectivity index is 2.67. The largest absolute Gasteiger partial charge is 0.370 e. The van der Waals surface area contributed by atoms with Crippen LogP contribution in [0, 0.1) is 5.92 Å². The minimum Gasteiger partial charge on any atom is -0.370 e. The zero-order valence-corrected chi connectivity index (χ0v) is 8.54. The molecule has 0 atom stereocenters. The molecular weight excluding hydrogens is 162 g/mol. The van der Waals surface area contributed by atoms with Crippen molar-refractivity contribution < 1.29 is 0 Å². The Bertz CT molecular complexity index is 258. The van der Waals surface area contributed by atoms with Crippen LogP contribution >= 0.6 is 0 Å². The summed E-state index contributed by atoms with van der Waals surface area (Å²) >= 11 is 0. The molecule has 0 spiro atoms. The summed E-state index contributed by atoms with van der Waals surface area (Å²) in [6.07, 6.45) is 2.75. The predicted molar refractivity (Wildman–Crippen MR) is 54.7 cm³/mol. The summed E-state index contributed by atoms with van der Waals surface area (Å²) in [5, 5.41) is 3.17. The second-order valence-corrected chi connectivity index (χ2v) is 3.49. The van der Waals surface area contributed by atoms with Gasteiger partial charge in [-0.3, -0.25) is 0 Å². The van der Waals surface area contributed by atoms with E-state index in [4.69, 9.17) is 0 Å². The van der Waals surface area contributed by atoms with E-state index in [0.29, 0.717) is 5.92 Å². The van der Waals surface area contributed by atoms with E-state index in [1.807, 2.05) is 12.3 Å². The zero-order valence-electron chi connectivity index (χ0n) is 8.54. The van der Waals surface area contributed by atoms with E-state index in [1.54, 1.807) is 0 Å². The van der Waals surface area contributed by atoms with Crippen LogP contribution in [0.3, 0.4) is 0 Å². The average Bonchev–Trinajstić information content (AvgIpc) is 2.04. The Morgan fingerprint density at radius 2 is 2.23 bits per heavy atom. The highest BCUT2D eigenvalue weighted by atomic mass is 15.0. The van der Waals surface area contributed by atoms with Gasteiger partial charge in [-0.2, -0.15) is 0 Å². The first-order valence-corrected chi connectivity index (χ1v) is 4.78. The summed E-state index contributed by atoms with van der Waals surface area (Å²) in [5.41, 5.74) is 0. The van der Waals surface area contributed by atoms with Crippen molar-refractivity contribution >= 4 is 5.82 Å². The molecule has 0 aliphatic heterocycles. The second kappa shape index (κ2) is 4.80. The molecule has 0 aliphatic carbocycles. The average molecular weight is 179 g/mol. The summed E-state index contributed by atoms with van der Waals surface area (Å²) in [4.78, 5) is 8.59. The standard InChI is InChI=1S/C10H17N3/c1-4-11-9-5-6-12-10(13-9)7-8(2)3/h5-6,8H,4,7H2,1-3H3,(H,11,12,13). The van der Waals surface area contributed by atoms with Crippen LogP contribution in [0.25, 0.3) is 0 Å². The van der Waals surface area contributed by atoms with Gasteiger partial charge in [0.15, 0.2) is 0 Å². The van der Waals surface area contributed by atoms with Crippen LogP contribution in [0.1, 0.15) is 26.6 Å². The van der Waals surface area contributed by atoms with Crippen molar-refractivity contribution in [2.75, 3.05) is 11.9 Å². The monoisotopic (exact) mass is 179 g/mol. The molecule has 0 amide bonds. The van der Waals surface area contributed by atoms with Crippen LogP contribution in [-0.2, 0) is 6.42 Å². The molecule has 0 bridgehead atoms. The van der Waals surface area contributed by atoms with Crippen LogP contribution < -0.4 is 5.32 Å². The van der Waals surface area contributed by atoms with Crippen molar-refractivity contribution in [1.82, 2.24) is 9.97 Å².